The molecule has 84 valence electrons. The molecule has 0 unspecified atom stereocenters. The van der Waals surface area contributed by atoms with Crippen molar-refractivity contribution in [3.05, 3.63) is 24.5 Å². The summed E-state index contributed by atoms with van der Waals surface area (Å²) >= 11 is 0. The minimum absolute atomic E-state index is 0.0750. The van der Waals surface area contributed by atoms with E-state index in [0.717, 1.165) is 18.7 Å². The highest BCUT2D eigenvalue weighted by atomic mass is 16.3. The van der Waals surface area contributed by atoms with E-state index in [1.807, 2.05) is 20.0 Å². The molecule has 1 rings (SSSR count). The maximum atomic E-state index is 9.06. The number of aromatic nitrogens is 2. The van der Waals surface area contributed by atoms with Crippen LogP contribution in [0.4, 0.5) is 0 Å². The van der Waals surface area contributed by atoms with E-state index < -0.39 is 0 Å². The highest BCUT2D eigenvalue weighted by Crippen LogP contribution is 2.11. The summed E-state index contributed by atoms with van der Waals surface area (Å²) in [5.74, 6) is 0. The van der Waals surface area contributed by atoms with E-state index >= 15 is 0 Å². The van der Waals surface area contributed by atoms with Crippen molar-refractivity contribution in [2.24, 2.45) is 5.41 Å². The second-order valence-electron chi connectivity index (χ2n) is 4.44. The van der Waals surface area contributed by atoms with Crippen molar-refractivity contribution in [2.45, 2.75) is 20.4 Å². The fourth-order valence-corrected chi connectivity index (χ4v) is 1.17. The monoisotopic (exact) mass is 209 g/mol. The van der Waals surface area contributed by atoms with Crippen LogP contribution >= 0.6 is 0 Å². The number of hydrogen-bond acceptors (Lipinski definition) is 3. The van der Waals surface area contributed by atoms with Crippen molar-refractivity contribution >= 4 is 6.20 Å². The van der Waals surface area contributed by atoms with Crippen LogP contribution in [0.3, 0.4) is 0 Å². The summed E-state index contributed by atoms with van der Waals surface area (Å²) in [6.07, 6.45) is 5.38. The molecule has 0 aliphatic carbocycles. The van der Waals surface area contributed by atoms with E-state index in [2.05, 4.69) is 17.0 Å². The number of nitrogens with one attached hydrogen (secondary N) is 1. The number of aliphatic hydroxyl groups is 1. The van der Waals surface area contributed by atoms with Crippen LogP contribution in [0.15, 0.2) is 19.0 Å². The summed E-state index contributed by atoms with van der Waals surface area (Å²) in [7, 11) is 0. The predicted octanol–water partition coefficient (Wildman–Crippen LogP) is 1.09. The largest absolute Gasteiger partial charge is 0.396 e. The SMILES string of the molecule is C=Cn1cc(CNCC(C)(C)CO)cn1. The van der Waals surface area contributed by atoms with Crippen molar-refractivity contribution in [3.63, 3.8) is 0 Å². The van der Waals surface area contributed by atoms with E-state index in [0.29, 0.717) is 0 Å². The summed E-state index contributed by atoms with van der Waals surface area (Å²) in [6.45, 7) is 9.39. The average Bonchev–Trinajstić information content (AvgIpc) is 2.66. The Hall–Kier alpha value is -1.13. The molecule has 0 fully saturated rings. The van der Waals surface area contributed by atoms with Gasteiger partial charge in [-0.2, -0.15) is 5.10 Å². The molecule has 0 saturated carbocycles. The van der Waals surface area contributed by atoms with Crippen molar-refractivity contribution in [3.8, 4) is 0 Å². The van der Waals surface area contributed by atoms with E-state index in [4.69, 9.17) is 5.11 Å². The highest BCUT2D eigenvalue weighted by Gasteiger charge is 2.15. The topological polar surface area (TPSA) is 50.1 Å². The molecule has 1 aromatic rings. The molecule has 1 aromatic heterocycles. The van der Waals surface area contributed by atoms with Gasteiger partial charge in [0, 0.05) is 43.1 Å². The molecule has 0 aromatic carbocycles. The minimum Gasteiger partial charge on any atom is -0.396 e. The zero-order valence-electron chi connectivity index (χ0n) is 9.40. The Morgan fingerprint density at radius 1 is 1.67 bits per heavy atom. The van der Waals surface area contributed by atoms with Crippen molar-refractivity contribution in [1.82, 2.24) is 15.1 Å². The first kappa shape index (κ1) is 11.9. The van der Waals surface area contributed by atoms with Gasteiger partial charge in [0.15, 0.2) is 0 Å². The number of aliphatic hydroxyl groups excluding tert-OH is 1. The third-order valence-corrected chi connectivity index (χ3v) is 2.20. The Balaban J connectivity index is 2.34. The van der Waals surface area contributed by atoms with Gasteiger partial charge in [0.05, 0.1) is 6.20 Å². The molecule has 0 aliphatic heterocycles. The van der Waals surface area contributed by atoms with Gasteiger partial charge in [-0.3, -0.25) is 0 Å². The van der Waals surface area contributed by atoms with Gasteiger partial charge in [0.25, 0.3) is 0 Å². The lowest BCUT2D eigenvalue weighted by Gasteiger charge is -2.21. The Bertz CT molecular complexity index is 317. The molecule has 2 N–H and O–H groups in total. The fourth-order valence-electron chi connectivity index (χ4n) is 1.17. The molecule has 0 radical (unpaired) electrons. The lowest BCUT2D eigenvalue weighted by Crippen LogP contribution is -2.31. The number of nitrogens with zero attached hydrogens (tertiary/aromatic N) is 2. The van der Waals surface area contributed by atoms with Gasteiger partial charge < -0.3 is 10.4 Å². The second-order valence-corrected chi connectivity index (χ2v) is 4.44. The average molecular weight is 209 g/mol. The van der Waals surface area contributed by atoms with Crippen LogP contribution in [-0.4, -0.2) is 28.0 Å². The lowest BCUT2D eigenvalue weighted by atomic mass is 9.95. The predicted molar refractivity (Wildman–Crippen MR) is 61.2 cm³/mol. The molecule has 0 aliphatic rings. The molecule has 1 heterocycles. The Labute approximate surface area is 90.6 Å². The lowest BCUT2D eigenvalue weighted by molar-refractivity contribution is 0.156. The normalized spacial score (nSPS) is 11.7. The number of rotatable bonds is 6. The van der Waals surface area contributed by atoms with Gasteiger partial charge in [-0.25, -0.2) is 4.68 Å². The van der Waals surface area contributed by atoms with Crippen LogP contribution in [0, 0.1) is 5.41 Å². The van der Waals surface area contributed by atoms with Gasteiger partial charge in [0.1, 0.15) is 0 Å². The smallest absolute Gasteiger partial charge is 0.0538 e. The summed E-state index contributed by atoms with van der Waals surface area (Å²) < 4.78 is 1.67. The maximum absolute atomic E-state index is 9.06. The fraction of sp³-hybridized carbons (Fsp3) is 0.545. The van der Waals surface area contributed by atoms with Crippen LogP contribution in [-0.2, 0) is 6.54 Å². The quantitative estimate of drug-likeness (QED) is 0.737. The Kier molecular flexibility index (Phi) is 4.05. The molecule has 15 heavy (non-hydrogen) atoms. The number of hydrogen-bond donors (Lipinski definition) is 2. The zero-order valence-corrected chi connectivity index (χ0v) is 9.40. The van der Waals surface area contributed by atoms with Gasteiger partial charge in [-0.05, 0) is 0 Å². The summed E-state index contributed by atoms with van der Waals surface area (Å²) in [5.41, 5.74) is 1.04. The first-order valence-corrected chi connectivity index (χ1v) is 5.04. The first-order valence-electron chi connectivity index (χ1n) is 5.04. The van der Waals surface area contributed by atoms with Crippen molar-refractivity contribution in [1.29, 1.82) is 0 Å². The molecule has 0 atom stereocenters. The van der Waals surface area contributed by atoms with E-state index in [1.54, 1.807) is 17.1 Å². The summed E-state index contributed by atoms with van der Waals surface area (Å²) in [4.78, 5) is 0. The van der Waals surface area contributed by atoms with Gasteiger partial charge in [-0.1, -0.05) is 20.4 Å². The summed E-state index contributed by atoms with van der Waals surface area (Å²) in [6, 6.07) is 0. The first-order chi connectivity index (χ1) is 7.07. The molecule has 0 bridgehead atoms. The van der Waals surface area contributed by atoms with Gasteiger partial charge >= 0.3 is 0 Å². The maximum Gasteiger partial charge on any atom is 0.0538 e. The van der Waals surface area contributed by atoms with Gasteiger partial charge in [-0.15, -0.1) is 0 Å². The van der Waals surface area contributed by atoms with Crippen LogP contribution in [0.1, 0.15) is 19.4 Å². The van der Waals surface area contributed by atoms with E-state index in [-0.39, 0.29) is 12.0 Å². The standard InChI is InChI=1S/C11H19N3O/c1-4-14-7-10(6-13-14)5-12-8-11(2,3)9-15/h4,6-7,12,15H,1,5,8-9H2,2-3H3. The zero-order chi connectivity index (χ0) is 11.3. The molecule has 0 spiro atoms. The Morgan fingerprint density at radius 3 is 2.93 bits per heavy atom. The second kappa shape index (κ2) is 5.09. The van der Waals surface area contributed by atoms with Crippen molar-refractivity contribution < 1.29 is 5.11 Å². The molecule has 0 saturated heterocycles. The van der Waals surface area contributed by atoms with Crippen LogP contribution in [0.25, 0.3) is 6.20 Å². The molecule has 4 nitrogen and oxygen atoms in total. The third kappa shape index (κ3) is 3.85. The summed E-state index contributed by atoms with van der Waals surface area (Å²) in [5, 5.41) is 16.4. The van der Waals surface area contributed by atoms with Crippen LogP contribution in [0.5, 0.6) is 0 Å². The molecule has 0 amide bonds. The van der Waals surface area contributed by atoms with Gasteiger partial charge in [0.2, 0.25) is 0 Å². The molecular formula is C11H19N3O. The van der Waals surface area contributed by atoms with E-state index in [1.165, 1.54) is 0 Å². The molecule has 4 heteroatoms. The minimum atomic E-state index is -0.0750. The third-order valence-electron chi connectivity index (χ3n) is 2.20. The Morgan fingerprint density at radius 2 is 2.40 bits per heavy atom. The van der Waals surface area contributed by atoms with Crippen LogP contribution < -0.4 is 5.32 Å². The van der Waals surface area contributed by atoms with E-state index in [9.17, 15) is 0 Å². The highest BCUT2D eigenvalue weighted by molar-refractivity contribution is 5.17. The van der Waals surface area contributed by atoms with Crippen LogP contribution in [0.2, 0.25) is 0 Å². The molecular weight excluding hydrogens is 190 g/mol. The van der Waals surface area contributed by atoms with Crippen molar-refractivity contribution in [2.75, 3.05) is 13.2 Å².